The van der Waals surface area contributed by atoms with E-state index in [0.29, 0.717) is 5.92 Å². The summed E-state index contributed by atoms with van der Waals surface area (Å²) in [5, 5.41) is 6.86. The Kier molecular flexibility index (Phi) is 3.97. The van der Waals surface area contributed by atoms with Crippen LogP contribution >= 0.6 is 11.3 Å². The van der Waals surface area contributed by atoms with Gasteiger partial charge in [0.05, 0.1) is 0 Å². The van der Waals surface area contributed by atoms with E-state index in [2.05, 4.69) is 54.9 Å². The van der Waals surface area contributed by atoms with Crippen molar-refractivity contribution in [2.45, 2.75) is 13.8 Å². The van der Waals surface area contributed by atoms with Crippen LogP contribution in [0.5, 0.6) is 0 Å². The maximum Gasteiger partial charge on any atom is 0.0348 e. The van der Waals surface area contributed by atoms with Crippen molar-refractivity contribution in [3.8, 4) is 0 Å². The van der Waals surface area contributed by atoms with Crippen LogP contribution in [0.3, 0.4) is 0 Å². The third kappa shape index (κ3) is 2.76. The second kappa shape index (κ2) is 5.48. The van der Waals surface area contributed by atoms with E-state index in [0.717, 1.165) is 6.54 Å². The van der Waals surface area contributed by atoms with Gasteiger partial charge in [-0.3, -0.25) is 0 Å². The molecule has 0 saturated carbocycles. The van der Waals surface area contributed by atoms with Gasteiger partial charge in [-0.25, -0.2) is 0 Å². The number of rotatable bonds is 4. The molecule has 0 radical (unpaired) electrons. The molecule has 0 aliphatic carbocycles. The minimum Gasteiger partial charge on any atom is -0.316 e. The van der Waals surface area contributed by atoms with Crippen LogP contribution in [0.1, 0.15) is 19.4 Å². The number of thiophene rings is 1. The Labute approximate surface area is 107 Å². The number of fused-ring (bicyclic) bond motifs is 1. The van der Waals surface area contributed by atoms with Gasteiger partial charge in [0.15, 0.2) is 0 Å². The first-order valence-corrected chi connectivity index (χ1v) is 6.91. The normalized spacial score (nSPS) is 12.6. The summed E-state index contributed by atoms with van der Waals surface area (Å²) in [6, 6.07) is 8.60. The molecule has 0 fully saturated rings. The fourth-order valence-electron chi connectivity index (χ4n) is 1.94. The number of likely N-dealkylation sites (N-methyl/N-ethyl adjacent to an activating group) is 1. The first-order valence-electron chi connectivity index (χ1n) is 6.03. The molecule has 1 heterocycles. The lowest BCUT2D eigenvalue weighted by Crippen LogP contribution is -2.13. The summed E-state index contributed by atoms with van der Waals surface area (Å²) >= 11 is 1.82. The summed E-state index contributed by atoms with van der Waals surface area (Å²) in [6.45, 7) is 5.46. The topological polar surface area (TPSA) is 12.0 Å². The molecular formula is C15H19NS. The van der Waals surface area contributed by atoms with Gasteiger partial charge in [-0.1, -0.05) is 43.7 Å². The van der Waals surface area contributed by atoms with Gasteiger partial charge in [-0.05, 0) is 35.4 Å². The molecular weight excluding hydrogens is 226 g/mol. The fourth-order valence-corrected chi connectivity index (χ4v) is 2.85. The van der Waals surface area contributed by atoms with E-state index < -0.39 is 0 Å². The third-order valence-electron chi connectivity index (χ3n) is 2.97. The van der Waals surface area contributed by atoms with Gasteiger partial charge in [0.2, 0.25) is 0 Å². The minimum atomic E-state index is 0.584. The van der Waals surface area contributed by atoms with Crippen molar-refractivity contribution in [1.82, 2.24) is 5.32 Å². The SMILES string of the molecule is CNCC(=Cc1csc2ccccc12)C(C)C. The van der Waals surface area contributed by atoms with Gasteiger partial charge >= 0.3 is 0 Å². The lowest BCUT2D eigenvalue weighted by Gasteiger charge is -2.10. The highest BCUT2D eigenvalue weighted by molar-refractivity contribution is 7.17. The molecule has 0 atom stereocenters. The molecule has 90 valence electrons. The molecule has 0 aliphatic heterocycles. The molecule has 0 aliphatic rings. The van der Waals surface area contributed by atoms with Crippen molar-refractivity contribution in [1.29, 1.82) is 0 Å². The molecule has 0 spiro atoms. The monoisotopic (exact) mass is 245 g/mol. The van der Waals surface area contributed by atoms with Crippen molar-refractivity contribution in [2.24, 2.45) is 5.92 Å². The first kappa shape index (κ1) is 12.3. The standard InChI is InChI=1S/C15H19NS/c1-11(2)12(9-16-3)8-13-10-17-15-7-5-4-6-14(13)15/h4-8,10-11,16H,9H2,1-3H3. The first-order chi connectivity index (χ1) is 8.22. The Bertz CT molecular complexity index is 522. The van der Waals surface area contributed by atoms with E-state index in [1.807, 2.05) is 18.4 Å². The molecule has 0 bridgehead atoms. The molecule has 0 saturated heterocycles. The average Bonchev–Trinajstić information content (AvgIpc) is 2.72. The van der Waals surface area contributed by atoms with Crippen molar-refractivity contribution < 1.29 is 0 Å². The lowest BCUT2D eigenvalue weighted by molar-refractivity contribution is 0.713. The maximum absolute atomic E-state index is 3.24. The zero-order chi connectivity index (χ0) is 12.3. The molecule has 1 nitrogen and oxygen atoms in total. The second-order valence-corrected chi connectivity index (χ2v) is 5.50. The molecule has 2 heteroatoms. The third-order valence-corrected chi connectivity index (χ3v) is 3.96. The fraction of sp³-hybridized carbons (Fsp3) is 0.333. The smallest absolute Gasteiger partial charge is 0.0348 e. The highest BCUT2D eigenvalue weighted by Gasteiger charge is 2.05. The average molecular weight is 245 g/mol. The largest absolute Gasteiger partial charge is 0.316 e. The Morgan fingerprint density at radius 3 is 2.82 bits per heavy atom. The van der Waals surface area contributed by atoms with E-state index in [1.54, 1.807) is 0 Å². The number of hydrogen-bond donors (Lipinski definition) is 1. The van der Waals surface area contributed by atoms with Crippen LogP contribution < -0.4 is 5.32 Å². The lowest BCUT2D eigenvalue weighted by atomic mass is 10.00. The van der Waals surface area contributed by atoms with Crippen molar-refractivity contribution >= 4 is 27.5 Å². The summed E-state index contributed by atoms with van der Waals surface area (Å²) in [5.74, 6) is 0.584. The minimum absolute atomic E-state index is 0.584. The van der Waals surface area contributed by atoms with Crippen LogP contribution in [-0.4, -0.2) is 13.6 Å². The zero-order valence-corrected chi connectivity index (χ0v) is 11.5. The molecule has 2 aromatic rings. The van der Waals surface area contributed by atoms with Gasteiger partial charge in [-0.15, -0.1) is 11.3 Å². The molecule has 17 heavy (non-hydrogen) atoms. The second-order valence-electron chi connectivity index (χ2n) is 4.59. The molecule has 1 aromatic heterocycles. The highest BCUT2D eigenvalue weighted by Crippen LogP contribution is 2.28. The van der Waals surface area contributed by atoms with Crippen LogP contribution in [0.2, 0.25) is 0 Å². The Morgan fingerprint density at radius 2 is 2.12 bits per heavy atom. The van der Waals surface area contributed by atoms with E-state index >= 15 is 0 Å². The van der Waals surface area contributed by atoms with Gasteiger partial charge in [0, 0.05) is 11.2 Å². The molecule has 1 aromatic carbocycles. The van der Waals surface area contributed by atoms with E-state index in [-0.39, 0.29) is 0 Å². The Morgan fingerprint density at radius 1 is 1.35 bits per heavy atom. The predicted molar refractivity (Wildman–Crippen MR) is 78.6 cm³/mol. The van der Waals surface area contributed by atoms with Crippen LogP contribution in [0.4, 0.5) is 0 Å². The molecule has 0 unspecified atom stereocenters. The summed E-state index contributed by atoms with van der Waals surface area (Å²) in [6.07, 6.45) is 2.33. The predicted octanol–water partition coefficient (Wildman–Crippen LogP) is 4.16. The maximum atomic E-state index is 3.24. The zero-order valence-electron chi connectivity index (χ0n) is 10.7. The Balaban J connectivity index is 2.42. The van der Waals surface area contributed by atoms with Crippen molar-refractivity contribution in [3.63, 3.8) is 0 Å². The summed E-state index contributed by atoms with van der Waals surface area (Å²) in [5.41, 5.74) is 2.81. The quantitative estimate of drug-likeness (QED) is 0.853. The van der Waals surface area contributed by atoms with Crippen LogP contribution in [-0.2, 0) is 0 Å². The van der Waals surface area contributed by atoms with Gasteiger partial charge in [0.1, 0.15) is 0 Å². The number of benzene rings is 1. The van der Waals surface area contributed by atoms with E-state index in [1.165, 1.54) is 21.2 Å². The van der Waals surface area contributed by atoms with E-state index in [4.69, 9.17) is 0 Å². The summed E-state index contributed by atoms with van der Waals surface area (Å²) in [4.78, 5) is 0. The van der Waals surface area contributed by atoms with Crippen LogP contribution in [0.15, 0.2) is 35.2 Å². The molecule has 2 rings (SSSR count). The Hall–Kier alpha value is -1.12. The molecule has 0 amide bonds. The van der Waals surface area contributed by atoms with Crippen LogP contribution in [0.25, 0.3) is 16.2 Å². The van der Waals surface area contributed by atoms with Crippen molar-refractivity contribution in [3.05, 3.63) is 40.8 Å². The summed E-state index contributed by atoms with van der Waals surface area (Å²) < 4.78 is 1.37. The number of hydrogen-bond acceptors (Lipinski definition) is 2. The van der Waals surface area contributed by atoms with Gasteiger partial charge < -0.3 is 5.32 Å². The van der Waals surface area contributed by atoms with Crippen molar-refractivity contribution in [2.75, 3.05) is 13.6 Å². The van der Waals surface area contributed by atoms with Gasteiger partial charge in [0.25, 0.3) is 0 Å². The molecule has 1 N–H and O–H groups in total. The highest BCUT2D eigenvalue weighted by atomic mass is 32.1. The van der Waals surface area contributed by atoms with Crippen LogP contribution in [0, 0.1) is 5.92 Å². The summed E-state index contributed by atoms with van der Waals surface area (Å²) in [7, 11) is 2.00. The number of nitrogens with one attached hydrogen (secondary N) is 1. The van der Waals surface area contributed by atoms with E-state index in [9.17, 15) is 0 Å². The van der Waals surface area contributed by atoms with Gasteiger partial charge in [-0.2, -0.15) is 0 Å².